The zero-order chi connectivity index (χ0) is 12.5. The highest BCUT2D eigenvalue weighted by Crippen LogP contribution is 2.22. The Morgan fingerprint density at radius 1 is 1.06 bits per heavy atom. The van der Waals surface area contributed by atoms with Gasteiger partial charge in [-0.05, 0) is 18.2 Å². The third kappa shape index (κ3) is 2.28. The number of halogens is 2. The Morgan fingerprint density at radius 3 is 2.24 bits per heavy atom. The lowest BCUT2D eigenvalue weighted by Crippen LogP contribution is -2.13. The maximum absolute atomic E-state index is 13.3. The van der Waals surface area contributed by atoms with Crippen molar-refractivity contribution in [1.82, 2.24) is 4.98 Å². The van der Waals surface area contributed by atoms with Gasteiger partial charge in [0.2, 0.25) is 5.88 Å². The summed E-state index contributed by atoms with van der Waals surface area (Å²) >= 11 is 0. The van der Waals surface area contributed by atoms with E-state index in [1.165, 1.54) is 18.3 Å². The minimum Gasteiger partial charge on any atom is -0.360 e. The predicted octanol–water partition coefficient (Wildman–Crippen LogP) is 2.06. The summed E-state index contributed by atoms with van der Waals surface area (Å²) in [5, 5.41) is 0. The Labute approximate surface area is 96.0 Å². The monoisotopic (exact) mass is 259 g/mol. The van der Waals surface area contributed by atoms with Crippen molar-refractivity contribution < 1.29 is 21.4 Å². The number of aromatic amines is 1. The van der Waals surface area contributed by atoms with E-state index in [1.54, 1.807) is 0 Å². The molecular weight excluding hydrogens is 252 g/mol. The first-order chi connectivity index (χ1) is 8.00. The Bertz CT molecular complexity index is 603. The van der Waals surface area contributed by atoms with Crippen LogP contribution in [0.1, 0.15) is 0 Å². The van der Waals surface area contributed by atoms with E-state index in [-0.39, 0.29) is 5.88 Å². The van der Waals surface area contributed by atoms with Gasteiger partial charge in [-0.3, -0.25) is 0 Å². The molecule has 1 N–H and O–H groups in total. The first kappa shape index (κ1) is 11.6. The molecule has 0 bridgehead atoms. The second-order valence-corrected chi connectivity index (χ2v) is 4.61. The minimum atomic E-state index is -4.53. The molecule has 17 heavy (non-hydrogen) atoms. The van der Waals surface area contributed by atoms with Gasteiger partial charge < -0.3 is 9.17 Å². The number of nitrogens with one attached hydrogen (secondary N) is 1. The minimum absolute atomic E-state index is 0.118. The van der Waals surface area contributed by atoms with Crippen molar-refractivity contribution in [2.24, 2.45) is 0 Å². The molecule has 0 saturated carbocycles. The van der Waals surface area contributed by atoms with Crippen LogP contribution in [0.15, 0.2) is 41.4 Å². The van der Waals surface area contributed by atoms with Crippen LogP contribution < -0.4 is 4.18 Å². The summed E-state index contributed by atoms with van der Waals surface area (Å²) in [7, 11) is -4.53. The molecule has 1 aromatic heterocycles. The average Bonchev–Trinajstić information content (AvgIpc) is 2.68. The molecule has 2 aromatic rings. The van der Waals surface area contributed by atoms with E-state index in [4.69, 9.17) is 0 Å². The maximum Gasteiger partial charge on any atom is 0.346 e. The van der Waals surface area contributed by atoms with Crippen LogP contribution in [0.3, 0.4) is 0 Å². The summed E-state index contributed by atoms with van der Waals surface area (Å²) in [6.45, 7) is 0. The number of hydrogen-bond acceptors (Lipinski definition) is 3. The first-order valence-electron chi connectivity index (χ1n) is 4.52. The fourth-order valence-corrected chi connectivity index (χ4v) is 2.28. The maximum atomic E-state index is 13.3. The molecule has 0 fully saturated rings. The van der Waals surface area contributed by atoms with Crippen molar-refractivity contribution >= 4 is 10.1 Å². The summed E-state index contributed by atoms with van der Waals surface area (Å²) in [6, 6.07) is 5.55. The van der Waals surface area contributed by atoms with Crippen LogP contribution in [0.4, 0.5) is 8.78 Å². The standard InChI is InChI=1S/C10H7F2NO3S/c11-7-3-1-4-8(12)10(7)17(14,15)16-9-5-2-6-13-9/h1-6,13H. The summed E-state index contributed by atoms with van der Waals surface area (Å²) < 4.78 is 54.3. The van der Waals surface area contributed by atoms with Gasteiger partial charge in [-0.15, -0.1) is 0 Å². The van der Waals surface area contributed by atoms with Gasteiger partial charge in [-0.1, -0.05) is 6.07 Å². The molecule has 0 amide bonds. The lowest BCUT2D eigenvalue weighted by molar-refractivity contribution is 0.454. The molecule has 90 valence electrons. The van der Waals surface area contributed by atoms with E-state index in [2.05, 4.69) is 9.17 Å². The number of benzene rings is 1. The van der Waals surface area contributed by atoms with Gasteiger partial charge in [0, 0.05) is 12.3 Å². The highest BCUT2D eigenvalue weighted by molar-refractivity contribution is 7.87. The van der Waals surface area contributed by atoms with Crippen LogP contribution in [0.5, 0.6) is 5.88 Å². The molecule has 0 saturated heterocycles. The van der Waals surface area contributed by atoms with Crippen LogP contribution in [0, 0.1) is 11.6 Å². The molecule has 4 nitrogen and oxygen atoms in total. The molecule has 0 radical (unpaired) electrons. The molecule has 2 rings (SSSR count). The number of rotatable bonds is 3. The molecule has 0 aliphatic rings. The van der Waals surface area contributed by atoms with E-state index in [0.717, 1.165) is 18.2 Å². The van der Waals surface area contributed by atoms with Crippen molar-refractivity contribution in [3.63, 3.8) is 0 Å². The Morgan fingerprint density at radius 2 is 1.71 bits per heavy atom. The van der Waals surface area contributed by atoms with Crippen LogP contribution in [0.2, 0.25) is 0 Å². The summed E-state index contributed by atoms with van der Waals surface area (Å²) in [5.74, 6) is -2.51. The van der Waals surface area contributed by atoms with E-state index in [0.29, 0.717) is 0 Å². The molecular formula is C10H7F2NO3S. The molecule has 0 aliphatic heterocycles. The molecule has 0 atom stereocenters. The van der Waals surface area contributed by atoms with Gasteiger partial charge in [0.05, 0.1) is 0 Å². The van der Waals surface area contributed by atoms with Crippen LogP contribution in [-0.2, 0) is 10.1 Å². The number of hydrogen-bond donors (Lipinski definition) is 1. The summed E-state index contributed by atoms with van der Waals surface area (Å²) in [5.41, 5.74) is 0. The van der Waals surface area contributed by atoms with Gasteiger partial charge in [0.25, 0.3) is 0 Å². The largest absolute Gasteiger partial charge is 0.360 e. The van der Waals surface area contributed by atoms with E-state index in [1.807, 2.05) is 0 Å². The van der Waals surface area contributed by atoms with Gasteiger partial charge in [0.1, 0.15) is 11.6 Å². The zero-order valence-electron chi connectivity index (χ0n) is 8.35. The number of H-pyrrole nitrogens is 1. The normalized spacial score (nSPS) is 11.4. The molecule has 0 aliphatic carbocycles. The third-order valence-corrected chi connectivity index (χ3v) is 3.23. The van der Waals surface area contributed by atoms with Crippen LogP contribution in [0.25, 0.3) is 0 Å². The lowest BCUT2D eigenvalue weighted by Gasteiger charge is -2.06. The molecule has 1 heterocycles. The van der Waals surface area contributed by atoms with Crippen molar-refractivity contribution in [3.05, 3.63) is 48.2 Å². The quantitative estimate of drug-likeness (QED) is 0.858. The Hall–Kier alpha value is -1.89. The predicted molar refractivity (Wildman–Crippen MR) is 55.0 cm³/mol. The SMILES string of the molecule is O=S(=O)(Oc1ccc[nH]1)c1c(F)cccc1F. The number of aromatic nitrogens is 1. The summed E-state index contributed by atoms with van der Waals surface area (Å²) in [4.78, 5) is 1.35. The molecule has 1 aromatic carbocycles. The average molecular weight is 259 g/mol. The first-order valence-corrected chi connectivity index (χ1v) is 5.93. The zero-order valence-corrected chi connectivity index (χ0v) is 9.17. The van der Waals surface area contributed by atoms with Gasteiger partial charge in [-0.2, -0.15) is 8.42 Å². The second kappa shape index (κ2) is 4.17. The summed E-state index contributed by atoms with van der Waals surface area (Å²) in [6.07, 6.45) is 1.42. The van der Waals surface area contributed by atoms with Gasteiger partial charge in [0.15, 0.2) is 4.90 Å². The van der Waals surface area contributed by atoms with Crippen molar-refractivity contribution in [1.29, 1.82) is 0 Å². The fourth-order valence-electron chi connectivity index (χ4n) is 1.25. The topological polar surface area (TPSA) is 59.2 Å². The van der Waals surface area contributed by atoms with Crippen LogP contribution >= 0.6 is 0 Å². The van der Waals surface area contributed by atoms with E-state index < -0.39 is 26.6 Å². The van der Waals surface area contributed by atoms with Crippen molar-refractivity contribution in [2.75, 3.05) is 0 Å². The molecule has 7 heteroatoms. The lowest BCUT2D eigenvalue weighted by atomic mass is 10.3. The van der Waals surface area contributed by atoms with E-state index >= 15 is 0 Å². The molecule has 0 spiro atoms. The highest BCUT2D eigenvalue weighted by atomic mass is 32.2. The second-order valence-electron chi connectivity index (χ2n) is 3.12. The third-order valence-electron chi connectivity index (χ3n) is 1.94. The Kier molecular flexibility index (Phi) is 2.84. The van der Waals surface area contributed by atoms with E-state index in [9.17, 15) is 17.2 Å². The smallest absolute Gasteiger partial charge is 0.346 e. The van der Waals surface area contributed by atoms with Crippen LogP contribution in [-0.4, -0.2) is 13.4 Å². The van der Waals surface area contributed by atoms with Gasteiger partial charge >= 0.3 is 10.1 Å². The van der Waals surface area contributed by atoms with Crippen molar-refractivity contribution in [3.8, 4) is 5.88 Å². The molecule has 0 unspecified atom stereocenters. The van der Waals surface area contributed by atoms with Gasteiger partial charge in [-0.25, -0.2) is 8.78 Å². The Balaban J connectivity index is 2.45. The highest BCUT2D eigenvalue weighted by Gasteiger charge is 2.26. The fraction of sp³-hybridized carbons (Fsp3) is 0. The van der Waals surface area contributed by atoms with Crippen molar-refractivity contribution in [2.45, 2.75) is 4.90 Å².